The third-order valence-electron chi connectivity index (χ3n) is 5.87. The van der Waals surface area contributed by atoms with Crippen LogP contribution in [0.1, 0.15) is 55.5 Å². The van der Waals surface area contributed by atoms with Crippen molar-refractivity contribution >= 4 is 17.5 Å². The lowest BCUT2D eigenvalue weighted by molar-refractivity contribution is -0.137. The van der Waals surface area contributed by atoms with Crippen molar-refractivity contribution in [2.45, 2.75) is 57.8 Å². The van der Waals surface area contributed by atoms with Crippen LogP contribution in [0.15, 0.2) is 48.5 Å². The number of unbranched alkanes of at least 4 members (excludes halogenated alkanes) is 1. The zero-order valence-electron chi connectivity index (χ0n) is 20.6. The fourth-order valence-electron chi connectivity index (χ4n) is 3.96. The van der Waals surface area contributed by atoms with E-state index in [9.17, 15) is 27.2 Å². The molecule has 0 radical (unpaired) electrons. The van der Waals surface area contributed by atoms with Gasteiger partial charge in [0.1, 0.15) is 5.82 Å². The van der Waals surface area contributed by atoms with Crippen LogP contribution in [0.25, 0.3) is 0 Å². The normalized spacial score (nSPS) is 17.7. The second kappa shape index (κ2) is 13.8. The van der Waals surface area contributed by atoms with E-state index in [1.165, 1.54) is 31.7 Å². The van der Waals surface area contributed by atoms with Gasteiger partial charge < -0.3 is 21.3 Å². The molecule has 3 rings (SSSR count). The molecule has 0 spiro atoms. The molecule has 2 amide bonds. The highest BCUT2D eigenvalue weighted by molar-refractivity contribution is 5.96. The maximum absolute atomic E-state index is 13.0. The minimum absolute atomic E-state index is 0.160. The molecule has 2 atom stereocenters. The molecule has 198 valence electrons. The van der Waals surface area contributed by atoms with Crippen LogP contribution in [0.3, 0.4) is 0 Å². The van der Waals surface area contributed by atoms with Crippen molar-refractivity contribution in [2.75, 3.05) is 24.5 Å². The Labute approximate surface area is 209 Å². The van der Waals surface area contributed by atoms with E-state index in [-0.39, 0.29) is 11.4 Å². The Balaban J connectivity index is 0.000000255. The van der Waals surface area contributed by atoms with Gasteiger partial charge in [-0.1, -0.05) is 19.4 Å². The smallest absolute Gasteiger partial charge is 0.369 e. The minimum Gasteiger partial charge on any atom is -0.369 e. The zero-order chi connectivity index (χ0) is 26.7. The maximum atomic E-state index is 13.0. The number of hydrogen-bond donors (Lipinski definition) is 3. The Morgan fingerprint density at radius 1 is 1.14 bits per heavy atom. The first-order valence-corrected chi connectivity index (χ1v) is 12.0. The monoisotopic (exact) mass is 510 g/mol. The molecule has 1 fully saturated rings. The number of carbonyl (C=O) groups excluding carboxylic acids is 2. The number of hydrogen-bond acceptors (Lipinski definition) is 4. The fraction of sp³-hybridized carbons (Fsp3) is 0.462. The van der Waals surface area contributed by atoms with Gasteiger partial charge in [0, 0.05) is 29.9 Å². The van der Waals surface area contributed by atoms with Crippen molar-refractivity contribution in [3.05, 3.63) is 65.5 Å². The van der Waals surface area contributed by atoms with Crippen molar-refractivity contribution in [1.82, 2.24) is 10.6 Å². The van der Waals surface area contributed by atoms with E-state index in [2.05, 4.69) is 29.4 Å². The van der Waals surface area contributed by atoms with E-state index in [1.54, 1.807) is 12.1 Å². The van der Waals surface area contributed by atoms with E-state index in [4.69, 9.17) is 5.73 Å². The van der Waals surface area contributed by atoms with Crippen LogP contribution in [-0.4, -0.2) is 43.5 Å². The van der Waals surface area contributed by atoms with Crippen LogP contribution in [-0.2, 0) is 11.0 Å². The molecular weight excluding hydrogens is 476 g/mol. The summed E-state index contributed by atoms with van der Waals surface area (Å²) in [7, 11) is 0. The molecule has 4 N–H and O–H groups in total. The predicted octanol–water partition coefficient (Wildman–Crippen LogP) is 4.49. The van der Waals surface area contributed by atoms with Gasteiger partial charge in [-0.25, -0.2) is 4.39 Å². The second-order valence-electron chi connectivity index (χ2n) is 8.78. The van der Waals surface area contributed by atoms with E-state index < -0.39 is 30.1 Å². The molecule has 10 heteroatoms. The lowest BCUT2D eigenvalue weighted by Gasteiger charge is -2.39. The topological polar surface area (TPSA) is 87.5 Å². The number of benzene rings is 2. The SMILES string of the molecule is CCCCNC1CCN(c2ccc(F)cc2)C(C)C1.NC(=O)CNC(=O)c1cccc(C(F)(F)F)c1. The van der Waals surface area contributed by atoms with Crippen molar-refractivity contribution in [3.8, 4) is 0 Å². The van der Waals surface area contributed by atoms with Gasteiger partial charge in [0.2, 0.25) is 5.91 Å². The Bertz CT molecular complexity index is 983. The highest BCUT2D eigenvalue weighted by atomic mass is 19.4. The molecule has 2 aromatic rings. The Morgan fingerprint density at radius 3 is 2.42 bits per heavy atom. The molecule has 1 saturated heterocycles. The van der Waals surface area contributed by atoms with Crippen molar-refractivity contribution in [2.24, 2.45) is 5.73 Å². The molecule has 0 aliphatic carbocycles. The predicted molar refractivity (Wildman–Crippen MR) is 132 cm³/mol. The molecule has 1 aliphatic heterocycles. The summed E-state index contributed by atoms with van der Waals surface area (Å²) in [5.74, 6) is -1.72. The molecule has 0 aromatic heterocycles. The first kappa shape index (κ1) is 29.1. The van der Waals surface area contributed by atoms with Crippen molar-refractivity contribution in [1.29, 1.82) is 0 Å². The van der Waals surface area contributed by atoms with Crippen LogP contribution >= 0.6 is 0 Å². The summed E-state index contributed by atoms with van der Waals surface area (Å²) >= 11 is 0. The van der Waals surface area contributed by atoms with Gasteiger partial charge in [-0.05, 0) is 75.2 Å². The molecule has 6 nitrogen and oxygen atoms in total. The molecule has 1 aliphatic rings. The first-order valence-electron chi connectivity index (χ1n) is 12.0. The number of rotatable bonds is 8. The number of halogens is 4. The zero-order valence-corrected chi connectivity index (χ0v) is 20.6. The largest absolute Gasteiger partial charge is 0.416 e. The number of nitrogens with two attached hydrogens (primary N) is 1. The van der Waals surface area contributed by atoms with E-state index in [0.717, 1.165) is 30.9 Å². The molecule has 0 bridgehead atoms. The summed E-state index contributed by atoms with van der Waals surface area (Å²) in [5, 5.41) is 5.74. The number of anilines is 1. The molecule has 2 aromatic carbocycles. The van der Waals surface area contributed by atoms with Crippen LogP contribution in [0.4, 0.5) is 23.2 Å². The Hall–Kier alpha value is -3.14. The Morgan fingerprint density at radius 2 is 1.83 bits per heavy atom. The van der Waals surface area contributed by atoms with Gasteiger partial charge in [0.15, 0.2) is 0 Å². The van der Waals surface area contributed by atoms with Crippen molar-refractivity contribution < 1.29 is 27.2 Å². The summed E-state index contributed by atoms with van der Waals surface area (Å²) in [6.07, 6.45) is 0.329. The minimum atomic E-state index is -4.51. The number of nitrogens with zero attached hydrogens (tertiary/aromatic N) is 1. The van der Waals surface area contributed by atoms with Crippen LogP contribution < -0.4 is 21.3 Å². The fourth-order valence-corrected chi connectivity index (χ4v) is 3.96. The highest BCUT2D eigenvalue weighted by Gasteiger charge is 2.31. The van der Waals surface area contributed by atoms with Gasteiger partial charge in [-0.15, -0.1) is 0 Å². The average molecular weight is 511 g/mol. The van der Waals surface area contributed by atoms with Crippen LogP contribution in [0, 0.1) is 5.82 Å². The molecule has 2 unspecified atom stereocenters. The summed E-state index contributed by atoms with van der Waals surface area (Å²) in [5.41, 5.74) is 4.82. The molecular formula is C26H34F4N4O2. The number of piperidine rings is 1. The Kier molecular flexibility index (Phi) is 11.2. The van der Waals surface area contributed by atoms with Gasteiger partial charge in [0.25, 0.3) is 5.91 Å². The van der Waals surface area contributed by atoms with Gasteiger partial charge >= 0.3 is 6.18 Å². The summed E-state index contributed by atoms with van der Waals surface area (Å²) in [4.78, 5) is 24.1. The highest BCUT2D eigenvalue weighted by Crippen LogP contribution is 2.29. The standard InChI is InChI=1S/C16H25FN2.C10H9F3N2O2/c1-3-4-10-18-15-9-11-19(13(2)12-15)16-7-5-14(17)6-8-16;11-10(12,13)7-3-1-2-6(4-7)9(17)15-5-8(14)16/h5-8,13,15,18H,3-4,9-12H2,1-2H3;1-4H,5H2,(H2,14,16)(H,15,17). The van der Waals surface area contributed by atoms with Crippen molar-refractivity contribution in [3.63, 3.8) is 0 Å². The third-order valence-corrected chi connectivity index (χ3v) is 5.87. The lowest BCUT2D eigenvalue weighted by Crippen LogP contribution is -2.47. The lowest BCUT2D eigenvalue weighted by atomic mass is 9.97. The van der Waals surface area contributed by atoms with E-state index in [0.29, 0.717) is 18.2 Å². The van der Waals surface area contributed by atoms with Gasteiger partial charge in [0.05, 0.1) is 12.1 Å². The third kappa shape index (κ3) is 9.49. The second-order valence-corrected chi connectivity index (χ2v) is 8.78. The molecule has 0 saturated carbocycles. The summed E-state index contributed by atoms with van der Waals surface area (Å²) < 4.78 is 50.0. The maximum Gasteiger partial charge on any atom is 0.416 e. The van der Waals surface area contributed by atoms with E-state index in [1.807, 2.05) is 12.1 Å². The first-order chi connectivity index (χ1) is 17.0. The average Bonchev–Trinajstić information content (AvgIpc) is 2.83. The molecule has 1 heterocycles. The van der Waals surface area contributed by atoms with Crippen LogP contribution in [0.5, 0.6) is 0 Å². The number of amides is 2. The number of alkyl halides is 3. The van der Waals surface area contributed by atoms with Gasteiger partial charge in [-0.2, -0.15) is 13.2 Å². The number of nitrogens with one attached hydrogen (secondary N) is 2. The molecule has 36 heavy (non-hydrogen) atoms. The van der Waals surface area contributed by atoms with E-state index >= 15 is 0 Å². The quantitative estimate of drug-likeness (QED) is 0.361. The van der Waals surface area contributed by atoms with Crippen LogP contribution in [0.2, 0.25) is 0 Å². The number of carbonyl (C=O) groups is 2. The summed E-state index contributed by atoms with van der Waals surface area (Å²) in [6.45, 7) is 6.24. The van der Waals surface area contributed by atoms with Gasteiger partial charge in [-0.3, -0.25) is 9.59 Å². The number of primary amides is 1. The summed E-state index contributed by atoms with van der Waals surface area (Å²) in [6, 6.07) is 11.9.